The number of anilines is 2. The van der Waals surface area contributed by atoms with Crippen LogP contribution in [-0.4, -0.2) is 42.6 Å². The fourth-order valence-electron chi connectivity index (χ4n) is 5.35. The number of nitrogens with zero attached hydrogens (tertiary/aromatic N) is 2. The first-order valence-corrected chi connectivity index (χ1v) is 15.3. The van der Waals surface area contributed by atoms with Gasteiger partial charge in [-0.3, -0.25) is 9.78 Å². The molecule has 2 heterocycles. The van der Waals surface area contributed by atoms with Gasteiger partial charge in [0.15, 0.2) is 8.32 Å². The molecule has 3 rings (SSSR count). The third-order valence-corrected chi connectivity index (χ3v) is 13.5. The minimum absolute atomic E-state index is 0.271. The molecule has 0 saturated heterocycles. The lowest BCUT2D eigenvalue weighted by molar-refractivity contribution is 0.0991. The number of fused-ring (bicyclic) bond motifs is 1. The summed E-state index contributed by atoms with van der Waals surface area (Å²) in [6.07, 6.45) is 3.34. The Labute approximate surface area is 227 Å². The van der Waals surface area contributed by atoms with Crippen molar-refractivity contribution in [2.24, 2.45) is 5.73 Å². The molecule has 3 aromatic rings. The average Bonchev–Trinajstić information content (AvgIpc) is 3.12. The Balaban J connectivity index is 0.00000222. The van der Waals surface area contributed by atoms with E-state index in [1.165, 1.54) is 6.07 Å². The van der Waals surface area contributed by atoms with Crippen molar-refractivity contribution in [2.75, 3.05) is 19.0 Å². The molecule has 4 N–H and O–H groups in total. The molecule has 0 saturated carbocycles. The molecule has 0 unspecified atom stereocenters. The maximum absolute atomic E-state index is 14.6. The number of carbonyl (C=O) groups excluding carboxylic acids is 1. The Hall–Kier alpha value is -2.02. The van der Waals surface area contributed by atoms with Gasteiger partial charge in [0.2, 0.25) is 0 Å². The van der Waals surface area contributed by atoms with Gasteiger partial charge in [-0.2, -0.15) is 0 Å². The smallest absolute Gasteiger partial charge is 0.267 e. The third kappa shape index (κ3) is 6.09. The molecule has 0 aliphatic heterocycles. The third-order valence-electron chi connectivity index (χ3n) is 6.66. The van der Waals surface area contributed by atoms with Crippen LogP contribution in [0.3, 0.4) is 0 Å². The summed E-state index contributed by atoms with van der Waals surface area (Å²) in [7, 11) is -1.07. The highest BCUT2D eigenvalue weighted by molar-refractivity contribution is 14.1. The van der Waals surface area contributed by atoms with Gasteiger partial charge in [0.25, 0.3) is 5.91 Å². The van der Waals surface area contributed by atoms with Gasteiger partial charge in [-0.05, 0) is 63.5 Å². The van der Waals surface area contributed by atoms with E-state index in [0.717, 1.165) is 16.2 Å². The van der Waals surface area contributed by atoms with E-state index in [1.54, 1.807) is 24.5 Å². The molecule has 0 aliphatic carbocycles. The number of rotatable bonds is 10. The van der Waals surface area contributed by atoms with Crippen LogP contribution in [-0.2, 0) is 11.0 Å². The molecule has 0 radical (unpaired) electrons. The van der Waals surface area contributed by atoms with Crippen molar-refractivity contribution >= 4 is 59.1 Å². The number of aliphatic hydroxyl groups excluding tert-OH is 1. The molecule has 0 spiro atoms. The lowest BCUT2D eigenvalue weighted by atomic mass is 10.2. The summed E-state index contributed by atoms with van der Waals surface area (Å²) in [5.41, 5.74) is 9.02. The molecule has 10 heteroatoms. The van der Waals surface area contributed by atoms with Crippen LogP contribution in [0.2, 0.25) is 16.6 Å². The molecule has 198 valence electrons. The first-order chi connectivity index (χ1) is 17.0. The number of aliphatic hydroxyl groups is 1. The van der Waals surface area contributed by atoms with Crippen LogP contribution in [0.5, 0.6) is 0 Å². The molecule has 0 bridgehead atoms. The number of nitrogens with one attached hydrogen (secondary N) is 1. The van der Waals surface area contributed by atoms with Crippen LogP contribution in [0.1, 0.15) is 52.0 Å². The molecule has 1 amide bonds. The standard InChI is InChI=1S/C25H34FIN4O2Si.CH4O/c1-15(2)34(16(3)4,17(5)6)33-12-11-31-22-9-10-29-14-19(22)23(24(31)25(28)32)30-21-8-7-18(27)13-20(21)26;1-2/h7-10,13-17,30H,11-12H2,1-6H3,(H2,28,32);2H,1H3. The van der Waals surface area contributed by atoms with Crippen LogP contribution in [0.4, 0.5) is 15.8 Å². The molecule has 0 fully saturated rings. The molecular weight excluding hydrogens is 590 g/mol. The van der Waals surface area contributed by atoms with Crippen LogP contribution in [0.25, 0.3) is 10.9 Å². The highest BCUT2D eigenvalue weighted by Crippen LogP contribution is 2.42. The Kier molecular flexibility index (Phi) is 10.9. The van der Waals surface area contributed by atoms with Gasteiger partial charge in [0.1, 0.15) is 11.5 Å². The van der Waals surface area contributed by atoms with Crippen LogP contribution in [0.15, 0.2) is 36.7 Å². The molecule has 1 aromatic carbocycles. The number of aromatic nitrogens is 2. The lowest BCUT2D eigenvalue weighted by Gasteiger charge is -2.42. The average molecular weight is 629 g/mol. The van der Waals surface area contributed by atoms with Gasteiger partial charge in [-0.15, -0.1) is 0 Å². The van der Waals surface area contributed by atoms with Crippen molar-refractivity contribution in [1.82, 2.24) is 9.55 Å². The topological polar surface area (TPSA) is 102 Å². The highest BCUT2D eigenvalue weighted by Gasteiger charge is 2.44. The van der Waals surface area contributed by atoms with Crippen LogP contribution >= 0.6 is 22.6 Å². The number of nitrogens with two attached hydrogens (primary N) is 1. The predicted octanol–water partition coefficient (Wildman–Crippen LogP) is 6.42. The van der Waals surface area contributed by atoms with Gasteiger partial charge < -0.3 is 25.2 Å². The van der Waals surface area contributed by atoms with E-state index in [2.05, 4.69) is 74.4 Å². The maximum atomic E-state index is 14.6. The summed E-state index contributed by atoms with van der Waals surface area (Å²) in [6.45, 7) is 14.4. The minimum atomic E-state index is -2.07. The maximum Gasteiger partial charge on any atom is 0.267 e. The Bertz CT molecular complexity index is 1160. The van der Waals surface area contributed by atoms with Gasteiger partial charge in [0, 0.05) is 35.0 Å². The SMILES string of the molecule is CC(C)[Si](OCCn1c(C(N)=O)c(Nc2ccc(I)cc2F)c2cnccc21)(C(C)C)C(C)C.CO. The van der Waals surface area contributed by atoms with Crippen LogP contribution < -0.4 is 11.1 Å². The Morgan fingerprint density at radius 1 is 1.17 bits per heavy atom. The molecule has 7 nitrogen and oxygen atoms in total. The summed E-state index contributed by atoms with van der Waals surface area (Å²) >= 11 is 2.06. The highest BCUT2D eigenvalue weighted by atomic mass is 127. The number of hydrogen-bond acceptors (Lipinski definition) is 5. The first-order valence-electron chi connectivity index (χ1n) is 12.1. The normalized spacial score (nSPS) is 11.8. The zero-order chi connectivity index (χ0) is 27.2. The molecular formula is C26H38FIN4O3Si. The van der Waals surface area contributed by atoms with Gasteiger partial charge in [-0.25, -0.2) is 4.39 Å². The van der Waals surface area contributed by atoms with E-state index in [1.807, 2.05) is 10.6 Å². The largest absolute Gasteiger partial charge is 0.414 e. The number of primary amides is 1. The van der Waals surface area contributed by atoms with Gasteiger partial charge in [0.05, 0.1) is 23.5 Å². The number of halogens is 2. The number of benzene rings is 1. The number of pyridine rings is 1. The number of carbonyl (C=O) groups is 1. The lowest BCUT2D eigenvalue weighted by Crippen LogP contribution is -2.48. The van der Waals surface area contributed by atoms with Crippen molar-refractivity contribution in [3.8, 4) is 0 Å². The van der Waals surface area contributed by atoms with Gasteiger partial charge in [-0.1, -0.05) is 41.5 Å². The van der Waals surface area contributed by atoms with Crippen molar-refractivity contribution in [1.29, 1.82) is 0 Å². The fraction of sp³-hybridized carbons (Fsp3) is 0.462. The summed E-state index contributed by atoms with van der Waals surface area (Å²) in [5.74, 6) is -0.998. The van der Waals surface area contributed by atoms with E-state index >= 15 is 0 Å². The molecule has 0 atom stereocenters. The van der Waals surface area contributed by atoms with E-state index < -0.39 is 20.0 Å². The summed E-state index contributed by atoms with van der Waals surface area (Å²) in [5, 5.41) is 10.8. The second kappa shape index (κ2) is 13.0. The van der Waals surface area contributed by atoms with Gasteiger partial charge >= 0.3 is 0 Å². The zero-order valence-corrected chi connectivity index (χ0v) is 25.3. The predicted molar refractivity (Wildman–Crippen MR) is 156 cm³/mol. The summed E-state index contributed by atoms with van der Waals surface area (Å²) in [4.78, 5) is 16.9. The second-order valence-electron chi connectivity index (χ2n) is 9.55. The number of hydrogen-bond donors (Lipinski definition) is 3. The number of amides is 1. The molecule has 2 aromatic heterocycles. The Morgan fingerprint density at radius 2 is 1.78 bits per heavy atom. The van der Waals surface area contributed by atoms with E-state index in [4.69, 9.17) is 15.3 Å². The fourth-order valence-corrected chi connectivity index (χ4v) is 11.3. The van der Waals surface area contributed by atoms with Crippen molar-refractivity contribution < 1.29 is 18.7 Å². The van der Waals surface area contributed by atoms with E-state index in [0.29, 0.717) is 40.8 Å². The van der Waals surface area contributed by atoms with Crippen molar-refractivity contribution in [3.05, 3.63) is 51.7 Å². The Morgan fingerprint density at radius 3 is 2.31 bits per heavy atom. The van der Waals surface area contributed by atoms with Crippen molar-refractivity contribution in [2.45, 2.75) is 64.7 Å². The van der Waals surface area contributed by atoms with Crippen LogP contribution in [0, 0.1) is 9.39 Å². The quantitative estimate of drug-likeness (QED) is 0.178. The summed E-state index contributed by atoms with van der Waals surface area (Å²) < 4.78 is 24.0. The first kappa shape index (κ1) is 30.2. The van der Waals surface area contributed by atoms with E-state index in [-0.39, 0.29) is 11.4 Å². The monoisotopic (exact) mass is 628 g/mol. The van der Waals surface area contributed by atoms with Crippen molar-refractivity contribution in [3.63, 3.8) is 0 Å². The second-order valence-corrected chi connectivity index (χ2v) is 16.3. The molecule has 36 heavy (non-hydrogen) atoms. The van der Waals surface area contributed by atoms with E-state index in [9.17, 15) is 9.18 Å². The minimum Gasteiger partial charge on any atom is -0.414 e. The molecule has 0 aliphatic rings. The summed E-state index contributed by atoms with van der Waals surface area (Å²) in [6, 6.07) is 6.73. The zero-order valence-electron chi connectivity index (χ0n) is 22.1.